The van der Waals surface area contributed by atoms with E-state index in [-0.39, 0.29) is 5.82 Å². The molecule has 0 aliphatic heterocycles. The molecular formula is C11H14FNSi. The van der Waals surface area contributed by atoms with Gasteiger partial charge in [-0.1, -0.05) is 25.6 Å². The molecule has 0 saturated heterocycles. The minimum Gasteiger partial charge on any atom is -0.398 e. The second-order valence-corrected chi connectivity index (χ2v) is 8.98. The Kier molecular flexibility index (Phi) is 2.97. The first-order valence-electron chi connectivity index (χ1n) is 4.47. The highest BCUT2D eigenvalue weighted by molar-refractivity contribution is 6.83. The Hall–Kier alpha value is -1.27. The Morgan fingerprint density at radius 2 is 1.93 bits per heavy atom. The fourth-order valence-corrected chi connectivity index (χ4v) is 1.40. The molecule has 0 atom stereocenters. The molecule has 2 N–H and O–H groups in total. The van der Waals surface area contributed by atoms with Gasteiger partial charge in [-0.3, -0.25) is 0 Å². The normalized spacial score (nSPS) is 10.6. The van der Waals surface area contributed by atoms with Crippen molar-refractivity contribution >= 4 is 13.8 Å². The molecule has 0 radical (unpaired) electrons. The summed E-state index contributed by atoms with van der Waals surface area (Å²) in [6.45, 7) is 6.40. The van der Waals surface area contributed by atoms with Gasteiger partial charge in [0.05, 0.1) is 0 Å². The average Bonchev–Trinajstić information content (AvgIpc) is 2.05. The smallest absolute Gasteiger partial charge is 0.129 e. The number of rotatable bonds is 0. The van der Waals surface area contributed by atoms with Crippen LogP contribution in [-0.4, -0.2) is 8.07 Å². The lowest BCUT2D eigenvalue weighted by molar-refractivity contribution is 0.627. The van der Waals surface area contributed by atoms with E-state index in [4.69, 9.17) is 5.73 Å². The van der Waals surface area contributed by atoms with Crippen molar-refractivity contribution in [1.29, 1.82) is 0 Å². The fourth-order valence-electron chi connectivity index (χ4n) is 0.892. The lowest BCUT2D eigenvalue weighted by Crippen LogP contribution is -2.16. The summed E-state index contributed by atoms with van der Waals surface area (Å²) in [6.07, 6.45) is 0. The molecule has 0 aliphatic rings. The van der Waals surface area contributed by atoms with Gasteiger partial charge in [0.1, 0.15) is 13.9 Å². The second-order valence-electron chi connectivity index (χ2n) is 4.23. The van der Waals surface area contributed by atoms with Crippen LogP contribution in [0.1, 0.15) is 5.56 Å². The van der Waals surface area contributed by atoms with Gasteiger partial charge in [0.2, 0.25) is 0 Å². The number of anilines is 1. The standard InChI is InChI=1S/C11H14FNSi/c1-14(2,3)7-6-9-8-10(12)4-5-11(9)13/h4-5,8H,13H2,1-3H3. The van der Waals surface area contributed by atoms with Gasteiger partial charge >= 0.3 is 0 Å². The van der Waals surface area contributed by atoms with E-state index in [1.54, 1.807) is 6.07 Å². The van der Waals surface area contributed by atoms with Gasteiger partial charge in [-0.15, -0.1) is 5.54 Å². The zero-order valence-corrected chi connectivity index (χ0v) is 9.69. The summed E-state index contributed by atoms with van der Waals surface area (Å²) in [6, 6.07) is 4.26. The number of nitrogen functional groups attached to an aromatic ring is 1. The molecular weight excluding hydrogens is 193 g/mol. The summed E-state index contributed by atoms with van der Waals surface area (Å²) in [5.74, 6) is 2.65. The maximum Gasteiger partial charge on any atom is 0.129 e. The molecule has 1 aromatic carbocycles. The number of halogens is 1. The van der Waals surface area contributed by atoms with Crippen molar-refractivity contribution in [3.05, 3.63) is 29.6 Å². The van der Waals surface area contributed by atoms with Crippen molar-refractivity contribution in [2.75, 3.05) is 5.73 Å². The molecule has 1 nitrogen and oxygen atoms in total. The molecule has 3 heteroatoms. The monoisotopic (exact) mass is 207 g/mol. The Morgan fingerprint density at radius 1 is 1.29 bits per heavy atom. The highest BCUT2D eigenvalue weighted by Crippen LogP contribution is 2.12. The zero-order chi connectivity index (χ0) is 10.8. The van der Waals surface area contributed by atoms with Gasteiger partial charge in [0.15, 0.2) is 0 Å². The minimum absolute atomic E-state index is 0.293. The van der Waals surface area contributed by atoms with Crippen LogP contribution in [0.5, 0.6) is 0 Å². The van der Waals surface area contributed by atoms with E-state index in [1.807, 2.05) is 0 Å². The lowest BCUT2D eigenvalue weighted by Gasteiger charge is -2.04. The SMILES string of the molecule is C[Si](C)(C)C#Cc1cc(F)ccc1N. The number of nitrogens with two attached hydrogens (primary N) is 1. The highest BCUT2D eigenvalue weighted by Gasteiger charge is 2.08. The number of hydrogen-bond acceptors (Lipinski definition) is 1. The van der Waals surface area contributed by atoms with Gasteiger partial charge in [0.25, 0.3) is 0 Å². The molecule has 0 amide bonds. The van der Waals surface area contributed by atoms with E-state index in [0.717, 1.165) is 0 Å². The maximum absolute atomic E-state index is 12.9. The van der Waals surface area contributed by atoms with Crippen molar-refractivity contribution in [2.24, 2.45) is 0 Å². The lowest BCUT2D eigenvalue weighted by atomic mass is 10.2. The van der Waals surface area contributed by atoms with Gasteiger partial charge in [-0.25, -0.2) is 4.39 Å². The first kappa shape index (κ1) is 10.8. The summed E-state index contributed by atoms with van der Waals surface area (Å²) in [7, 11) is -1.42. The van der Waals surface area contributed by atoms with Crippen molar-refractivity contribution < 1.29 is 4.39 Å². The van der Waals surface area contributed by atoms with Gasteiger partial charge < -0.3 is 5.73 Å². The van der Waals surface area contributed by atoms with Crippen LogP contribution in [0.2, 0.25) is 19.6 Å². The number of hydrogen-bond donors (Lipinski definition) is 1. The Balaban J connectivity index is 3.06. The largest absolute Gasteiger partial charge is 0.398 e. The third kappa shape index (κ3) is 3.23. The highest BCUT2D eigenvalue weighted by atomic mass is 28.3. The van der Waals surface area contributed by atoms with Gasteiger partial charge in [0, 0.05) is 11.3 Å². The van der Waals surface area contributed by atoms with Crippen LogP contribution in [0, 0.1) is 17.3 Å². The summed E-state index contributed by atoms with van der Waals surface area (Å²) >= 11 is 0. The molecule has 1 rings (SSSR count). The molecule has 0 spiro atoms. The molecule has 0 unspecified atom stereocenters. The van der Waals surface area contributed by atoms with Gasteiger partial charge in [-0.2, -0.15) is 0 Å². The average molecular weight is 207 g/mol. The molecule has 74 valence electrons. The quantitative estimate of drug-likeness (QED) is 0.395. The maximum atomic E-state index is 12.9. The summed E-state index contributed by atoms with van der Waals surface area (Å²) in [5.41, 5.74) is 9.94. The van der Waals surface area contributed by atoms with Crippen LogP contribution in [0.25, 0.3) is 0 Å². The number of benzene rings is 1. The molecule has 0 aromatic heterocycles. The van der Waals surface area contributed by atoms with Crippen LogP contribution in [0.4, 0.5) is 10.1 Å². The first-order valence-corrected chi connectivity index (χ1v) is 7.97. The molecule has 0 saturated carbocycles. The Labute approximate surface area is 85.1 Å². The zero-order valence-electron chi connectivity index (χ0n) is 8.69. The third-order valence-electron chi connectivity index (χ3n) is 1.59. The van der Waals surface area contributed by atoms with Crippen LogP contribution in [-0.2, 0) is 0 Å². The van der Waals surface area contributed by atoms with Crippen LogP contribution < -0.4 is 5.73 Å². The molecule has 1 aromatic rings. The van der Waals surface area contributed by atoms with E-state index in [0.29, 0.717) is 11.3 Å². The van der Waals surface area contributed by atoms with Crippen LogP contribution >= 0.6 is 0 Å². The Morgan fingerprint density at radius 3 is 2.50 bits per heavy atom. The van der Waals surface area contributed by atoms with Crippen LogP contribution in [0.15, 0.2) is 18.2 Å². The van der Waals surface area contributed by atoms with Crippen molar-refractivity contribution in [3.8, 4) is 11.5 Å². The molecule has 0 aliphatic carbocycles. The topological polar surface area (TPSA) is 26.0 Å². The van der Waals surface area contributed by atoms with E-state index >= 15 is 0 Å². The summed E-state index contributed by atoms with van der Waals surface area (Å²) < 4.78 is 12.9. The van der Waals surface area contributed by atoms with Crippen molar-refractivity contribution in [3.63, 3.8) is 0 Å². The third-order valence-corrected chi connectivity index (χ3v) is 2.46. The van der Waals surface area contributed by atoms with Crippen LogP contribution in [0.3, 0.4) is 0 Å². The fraction of sp³-hybridized carbons (Fsp3) is 0.273. The van der Waals surface area contributed by atoms with E-state index in [1.165, 1.54) is 12.1 Å². The van der Waals surface area contributed by atoms with E-state index < -0.39 is 8.07 Å². The molecule has 14 heavy (non-hydrogen) atoms. The predicted molar refractivity (Wildman–Crippen MR) is 61.0 cm³/mol. The Bertz CT molecular complexity index is 396. The van der Waals surface area contributed by atoms with E-state index in [9.17, 15) is 4.39 Å². The minimum atomic E-state index is -1.42. The van der Waals surface area contributed by atoms with E-state index in [2.05, 4.69) is 31.1 Å². The van der Waals surface area contributed by atoms with Crippen molar-refractivity contribution in [2.45, 2.75) is 19.6 Å². The predicted octanol–water partition coefficient (Wildman–Crippen LogP) is 2.64. The first-order chi connectivity index (χ1) is 6.38. The molecule has 0 bridgehead atoms. The summed E-state index contributed by atoms with van der Waals surface area (Å²) in [4.78, 5) is 0. The van der Waals surface area contributed by atoms with Crippen molar-refractivity contribution in [1.82, 2.24) is 0 Å². The molecule has 0 heterocycles. The van der Waals surface area contributed by atoms with Gasteiger partial charge in [-0.05, 0) is 18.2 Å². The molecule has 0 fully saturated rings. The summed E-state index contributed by atoms with van der Waals surface area (Å²) in [5, 5.41) is 0. The second kappa shape index (κ2) is 3.85.